The van der Waals surface area contributed by atoms with Crippen molar-refractivity contribution in [1.29, 1.82) is 0 Å². The number of nitrogens with one attached hydrogen (secondary N) is 2. The first-order valence-electron chi connectivity index (χ1n) is 7.03. The summed E-state index contributed by atoms with van der Waals surface area (Å²) in [5.41, 5.74) is 1.90. The van der Waals surface area contributed by atoms with Crippen LogP contribution in [0.1, 0.15) is 18.3 Å². The van der Waals surface area contributed by atoms with Crippen molar-refractivity contribution < 1.29 is 8.42 Å². The smallest absolute Gasteiger partial charge is 0.266 e. The minimum atomic E-state index is -3.77. The second-order valence-corrected chi connectivity index (χ2v) is 7.56. The van der Waals surface area contributed by atoms with E-state index in [9.17, 15) is 8.42 Å². The average molecular weight is 398 g/mol. The number of aromatic amines is 1. The van der Waals surface area contributed by atoms with Gasteiger partial charge in [-0.05, 0) is 42.8 Å². The summed E-state index contributed by atoms with van der Waals surface area (Å²) in [6, 6.07) is 1.85. The van der Waals surface area contributed by atoms with Crippen LogP contribution in [-0.2, 0) is 16.6 Å². The summed E-state index contributed by atoms with van der Waals surface area (Å²) in [7, 11) is -3.77. The molecule has 0 aromatic carbocycles. The zero-order valence-corrected chi connectivity index (χ0v) is 15.3. The van der Waals surface area contributed by atoms with Gasteiger partial charge in [0.05, 0.1) is 27.6 Å². The summed E-state index contributed by atoms with van der Waals surface area (Å²) in [6.45, 7) is 5.96. The van der Waals surface area contributed by atoms with E-state index in [0.29, 0.717) is 22.4 Å². The number of hydrogen-bond acceptors (Lipinski definition) is 4. The molecular formula is C14H16BrN5O2S. The summed E-state index contributed by atoms with van der Waals surface area (Å²) in [6.07, 6.45) is 3.36. The van der Waals surface area contributed by atoms with Crippen LogP contribution < -0.4 is 4.72 Å². The van der Waals surface area contributed by atoms with Gasteiger partial charge < -0.3 is 4.98 Å². The maximum atomic E-state index is 12.8. The van der Waals surface area contributed by atoms with Gasteiger partial charge in [-0.3, -0.25) is 9.40 Å². The monoisotopic (exact) mass is 397 g/mol. The highest BCUT2D eigenvalue weighted by atomic mass is 79.9. The lowest BCUT2D eigenvalue weighted by Crippen LogP contribution is -2.16. The van der Waals surface area contributed by atoms with Crippen molar-refractivity contribution in [2.45, 2.75) is 32.2 Å². The Morgan fingerprint density at radius 2 is 2.13 bits per heavy atom. The molecular weight excluding hydrogens is 382 g/mol. The fourth-order valence-corrected chi connectivity index (χ4v) is 4.73. The third-order valence-electron chi connectivity index (χ3n) is 3.66. The van der Waals surface area contributed by atoms with Gasteiger partial charge in [-0.15, -0.1) is 0 Å². The van der Waals surface area contributed by atoms with E-state index in [0.717, 1.165) is 10.9 Å². The van der Waals surface area contributed by atoms with E-state index in [4.69, 9.17) is 0 Å². The van der Waals surface area contributed by atoms with Crippen LogP contribution in [0.15, 0.2) is 27.8 Å². The van der Waals surface area contributed by atoms with Gasteiger partial charge in [0.25, 0.3) is 10.0 Å². The second kappa shape index (κ2) is 5.64. The topological polar surface area (TPSA) is 92.7 Å². The Morgan fingerprint density at radius 1 is 1.39 bits per heavy atom. The Morgan fingerprint density at radius 3 is 2.78 bits per heavy atom. The maximum absolute atomic E-state index is 12.8. The summed E-state index contributed by atoms with van der Waals surface area (Å²) in [5, 5.41) is 5.12. The number of H-pyrrole nitrogens is 1. The summed E-state index contributed by atoms with van der Waals surface area (Å²) in [5.74, 6) is 0.250. The SMILES string of the molecule is CCn1nc(C)c(S(=O)(=O)Nc2ncc3[nH]ccc3c2Br)c1C. The first kappa shape index (κ1) is 16.0. The number of aryl methyl sites for hydroxylation is 2. The third kappa shape index (κ3) is 2.63. The molecule has 0 amide bonds. The molecule has 3 aromatic heterocycles. The van der Waals surface area contributed by atoms with Gasteiger partial charge in [-0.1, -0.05) is 0 Å². The van der Waals surface area contributed by atoms with Crippen LogP contribution in [0.4, 0.5) is 5.82 Å². The molecule has 0 saturated heterocycles. The molecule has 0 radical (unpaired) electrons. The molecule has 3 aromatic rings. The predicted molar refractivity (Wildman–Crippen MR) is 92.0 cm³/mol. The third-order valence-corrected chi connectivity index (χ3v) is 6.05. The lowest BCUT2D eigenvalue weighted by molar-refractivity contribution is 0.598. The van der Waals surface area contributed by atoms with Crippen LogP contribution >= 0.6 is 15.9 Å². The molecule has 0 unspecified atom stereocenters. The molecule has 0 aliphatic carbocycles. The fourth-order valence-electron chi connectivity index (χ4n) is 2.62. The number of hydrogen-bond donors (Lipinski definition) is 2. The largest absolute Gasteiger partial charge is 0.360 e. The standard InChI is InChI=1S/C14H16BrN5O2S/c1-4-20-9(3)13(8(2)18-20)23(21,22)19-14-12(15)10-5-6-16-11(10)7-17-14/h5-7,16H,4H2,1-3H3,(H,17,19). The van der Waals surface area contributed by atoms with E-state index in [-0.39, 0.29) is 10.7 Å². The van der Waals surface area contributed by atoms with Crippen molar-refractivity contribution in [1.82, 2.24) is 19.7 Å². The first-order chi connectivity index (χ1) is 10.8. The van der Waals surface area contributed by atoms with Crippen molar-refractivity contribution in [3.05, 3.63) is 34.3 Å². The molecule has 122 valence electrons. The fraction of sp³-hybridized carbons (Fsp3) is 0.286. The lowest BCUT2D eigenvalue weighted by Gasteiger charge is -2.10. The van der Waals surface area contributed by atoms with E-state index in [1.54, 1.807) is 30.9 Å². The zero-order valence-electron chi connectivity index (χ0n) is 12.9. The average Bonchev–Trinajstić information content (AvgIpc) is 3.06. The normalized spacial score (nSPS) is 12.0. The number of sulfonamides is 1. The van der Waals surface area contributed by atoms with E-state index < -0.39 is 10.0 Å². The molecule has 0 saturated carbocycles. The van der Waals surface area contributed by atoms with Crippen molar-refractivity contribution in [2.75, 3.05) is 4.72 Å². The van der Waals surface area contributed by atoms with E-state index >= 15 is 0 Å². The van der Waals surface area contributed by atoms with Gasteiger partial charge >= 0.3 is 0 Å². The zero-order chi connectivity index (χ0) is 16.8. The minimum Gasteiger partial charge on any atom is -0.360 e. The number of anilines is 1. The van der Waals surface area contributed by atoms with E-state index in [1.165, 1.54) is 0 Å². The first-order valence-corrected chi connectivity index (χ1v) is 9.31. The Bertz CT molecular complexity index is 990. The molecule has 3 rings (SSSR count). The van der Waals surface area contributed by atoms with Crippen LogP contribution in [-0.4, -0.2) is 28.2 Å². The van der Waals surface area contributed by atoms with Gasteiger partial charge in [0.15, 0.2) is 5.82 Å². The van der Waals surface area contributed by atoms with Crippen LogP contribution in [0, 0.1) is 13.8 Å². The number of fused-ring (bicyclic) bond motifs is 1. The van der Waals surface area contributed by atoms with E-state index in [1.807, 2.05) is 13.0 Å². The Hall–Kier alpha value is -1.87. The molecule has 0 bridgehead atoms. The Balaban J connectivity index is 2.07. The van der Waals surface area contributed by atoms with Crippen LogP contribution in [0.3, 0.4) is 0 Å². The molecule has 2 N–H and O–H groups in total. The molecule has 9 heteroatoms. The molecule has 0 atom stereocenters. The van der Waals surface area contributed by atoms with Gasteiger partial charge in [0, 0.05) is 18.1 Å². The van der Waals surface area contributed by atoms with Crippen molar-refractivity contribution in [3.63, 3.8) is 0 Å². The van der Waals surface area contributed by atoms with Crippen LogP contribution in [0.25, 0.3) is 10.9 Å². The van der Waals surface area contributed by atoms with Crippen molar-refractivity contribution >= 4 is 42.7 Å². The molecule has 3 heterocycles. The molecule has 7 nitrogen and oxygen atoms in total. The predicted octanol–water partition coefficient (Wildman–Crippen LogP) is 2.96. The second-order valence-electron chi connectivity index (χ2n) is 5.15. The molecule has 0 aliphatic heterocycles. The molecule has 23 heavy (non-hydrogen) atoms. The highest BCUT2D eigenvalue weighted by Gasteiger charge is 2.25. The number of nitrogens with zero attached hydrogens (tertiary/aromatic N) is 3. The number of aromatic nitrogens is 4. The Kier molecular flexibility index (Phi) is 3.93. The van der Waals surface area contributed by atoms with E-state index in [2.05, 4.69) is 35.7 Å². The molecule has 0 spiro atoms. The van der Waals surface area contributed by atoms with Gasteiger partial charge in [-0.2, -0.15) is 5.10 Å². The molecule has 0 fully saturated rings. The van der Waals surface area contributed by atoms with Gasteiger partial charge in [0.1, 0.15) is 4.90 Å². The lowest BCUT2D eigenvalue weighted by atomic mass is 10.3. The van der Waals surface area contributed by atoms with Crippen molar-refractivity contribution in [3.8, 4) is 0 Å². The summed E-state index contributed by atoms with van der Waals surface area (Å²) in [4.78, 5) is 7.40. The molecule has 0 aliphatic rings. The number of rotatable bonds is 4. The van der Waals surface area contributed by atoms with Crippen LogP contribution in [0.2, 0.25) is 0 Å². The highest BCUT2D eigenvalue weighted by molar-refractivity contribution is 9.10. The highest BCUT2D eigenvalue weighted by Crippen LogP contribution is 2.31. The maximum Gasteiger partial charge on any atom is 0.266 e. The van der Waals surface area contributed by atoms with Gasteiger partial charge in [0.2, 0.25) is 0 Å². The summed E-state index contributed by atoms with van der Waals surface area (Å²) < 4.78 is 30.3. The quantitative estimate of drug-likeness (QED) is 0.707. The summed E-state index contributed by atoms with van der Waals surface area (Å²) >= 11 is 3.41. The Labute approximate surface area is 142 Å². The number of pyridine rings is 1. The number of halogens is 1. The van der Waals surface area contributed by atoms with Crippen LogP contribution in [0.5, 0.6) is 0 Å². The van der Waals surface area contributed by atoms with Gasteiger partial charge in [-0.25, -0.2) is 13.4 Å². The van der Waals surface area contributed by atoms with Crippen molar-refractivity contribution in [2.24, 2.45) is 0 Å². The minimum absolute atomic E-state index is 0.196.